The van der Waals surface area contributed by atoms with E-state index in [1.807, 2.05) is 36.4 Å². The standard InChI is InChI=1S/C32H33FO4/c1-32(2)14-4-7-29(32)27-15-20(8-12-25(27)28-17-23(34)11-13-30(28)33)19-37-24-6-3-5-22(16-24)26(18-31(35)36)21-9-10-21/h3,5-8,11-13,15-17,21,26,34H,4,9-10,14,18-19H2,1-2H3,(H,35,36)/t26-/m0/s1. The Kier molecular flexibility index (Phi) is 6.80. The second kappa shape index (κ2) is 10.0. The molecule has 0 spiro atoms. The summed E-state index contributed by atoms with van der Waals surface area (Å²) in [5, 5.41) is 19.4. The summed E-state index contributed by atoms with van der Waals surface area (Å²) in [5.41, 5.74) is 5.18. The average Bonchev–Trinajstić information content (AvgIpc) is 3.65. The van der Waals surface area contributed by atoms with Gasteiger partial charge in [0.15, 0.2) is 0 Å². The molecule has 4 nitrogen and oxygen atoms in total. The number of aliphatic carboxylic acids is 1. The molecular weight excluding hydrogens is 467 g/mol. The summed E-state index contributed by atoms with van der Waals surface area (Å²) < 4.78 is 21.0. The number of aromatic hydroxyl groups is 1. The number of hydrogen-bond donors (Lipinski definition) is 2. The molecule has 3 aromatic carbocycles. The van der Waals surface area contributed by atoms with Gasteiger partial charge in [0.05, 0.1) is 6.42 Å². The fourth-order valence-electron chi connectivity index (χ4n) is 5.57. The third-order valence-electron chi connectivity index (χ3n) is 7.74. The third kappa shape index (κ3) is 5.56. The largest absolute Gasteiger partial charge is 0.508 e. The van der Waals surface area contributed by atoms with Crippen molar-refractivity contribution in [2.24, 2.45) is 11.3 Å². The second-order valence-electron chi connectivity index (χ2n) is 11.0. The molecule has 0 aliphatic heterocycles. The zero-order valence-corrected chi connectivity index (χ0v) is 21.3. The normalized spacial score (nSPS) is 17.3. The highest BCUT2D eigenvalue weighted by atomic mass is 19.1. The molecule has 0 radical (unpaired) electrons. The van der Waals surface area contributed by atoms with E-state index in [0.29, 0.717) is 23.8 Å². The fourth-order valence-corrected chi connectivity index (χ4v) is 5.57. The zero-order valence-electron chi connectivity index (χ0n) is 21.3. The quantitative estimate of drug-likeness (QED) is 0.313. The molecule has 3 aromatic rings. The summed E-state index contributed by atoms with van der Waals surface area (Å²) in [4.78, 5) is 11.4. The minimum absolute atomic E-state index is 0.0145. The number of rotatable bonds is 9. The van der Waals surface area contributed by atoms with Crippen LogP contribution >= 0.6 is 0 Å². The van der Waals surface area contributed by atoms with Gasteiger partial charge >= 0.3 is 5.97 Å². The van der Waals surface area contributed by atoms with Crippen molar-refractivity contribution < 1.29 is 24.1 Å². The van der Waals surface area contributed by atoms with Crippen LogP contribution in [0.5, 0.6) is 11.5 Å². The first-order valence-electron chi connectivity index (χ1n) is 13.0. The monoisotopic (exact) mass is 500 g/mol. The maximum atomic E-state index is 14.8. The topological polar surface area (TPSA) is 66.8 Å². The highest BCUT2D eigenvalue weighted by molar-refractivity contribution is 5.85. The lowest BCUT2D eigenvalue weighted by Crippen LogP contribution is -2.10. The van der Waals surface area contributed by atoms with E-state index in [4.69, 9.17) is 4.74 Å². The van der Waals surface area contributed by atoms with Crippen LogP contribution in [0.2, 0.25) is 0 Å². The van der Waals surface area contributed by atoms with Crippen molar-refractivity contribution in [1.82, 2.24) is 0 Å². The van der Waals surface area contributed by atoms with E-state index in [-0.39, 0.29) is 29.3 Å². The Labute approximate surface area is 217 Å². The molecule has 192 valence electrons. The van der Waals surface area contributed by atoms with Gasteiger partial charge in [-0.1, -0.05) is 44.2 Å². The number of phenols is 1. The Balaban J connectivity index is 1.43. The first-order valence-corrected chi connectivity index (χ1v) is 13.0. The van der Waals surface area contributed by atoms with Gasteiger partial charge in [0.25, 0.3) is 0 Å². The number of allylic oxidation sites excluding steroid dienone is 2. The molecule has 0 unspecified atom stereocenters. The molecule has 2 N–H and O–H groups in total. The summed E-state index contributed by atoms with van der Waals surface area (Å²) in [5.74, 6) is 0.0364. The molecule has 1 fully saturated rings. The van der Waals surface area contributed by atoms with E-state index >= 15 is 0 Å². The predicted octanol–water partition coefficient (Wildman–Crippen LogP) is 7.95. The van der Waals surface area contributed by atoms with Gasteiger partial charge < -0.3 is 14.9 Å². The van der Waals surface area contributed by atoms with Crippen molar-refractivity contribution in [3.8, 4) is 22.6 Å². The SMILES string of the molecule is CC1(C)CCC=C1c1cc(COc2cccc([C@@H](CC(=O)O)C3CC3)c2)ccc1-c1cc(O)ccc1F. The average molecular weight is 501 g/mol. The molecule has 1 atom stereocenters. The van der Waals surface area contributed by atoms with Gasteiger partial charge in [-0.3, -0.25) is 4.79 Å². The number of carbonyl (C=O) groups is 1. The number of phenolic OH excluding ortho intramolecular Hbond substituents is 1. The number of hydrogen-bond acceptors (Lipinski definition) is 3. The predicted molar refractivity (Wildman–Crippen MR) is 143 cm³/mol. The Hall–Kier alpha value is -3.60. The van der Waals surface area contributed by atoms with Crippen LogP contribution in [0.4, 0.5) is 4.39 Å². The highest BCUT2D eigenvalue weighted by Crippen LogP contribution is 2.48. The molecule has 0 bridgehead atoms. The molecule has 5 rings (SSSR count). The molecule has 0 aromatic heterocycles. The van der Waals surface area contributed by atoms with Crippen LogP contribution in [0, 0.1) is 17.2 Å². The molecular formula is C32H33FO4. The van der Waals surface area contributed by atoms with E-state index < -0.39 is 5.97 Å². The molecule has 5 heteroatoms. The van der Waals surface area contributed by atoms with Crippen LogP contribution in [-0.4, -0.2) is 16.2 Å². The van der Waals surface area contributed by atoms with Crippen LogP contribution in [0.3, 0.4) is 0 Å². The second-order valence-corrected chi connectivity index (χ2v) is 11.0. The Morgan fingerprint density at radius 1 is 1.05 bits per heavy atom. The zero-order chi connectivity index (χ0) is 26.2. The van der Waals surface area contributed by atoms with Gasteiger partial charge in [0.1, 0.15) is 23.9 Å². The van der Waals surface area contributed by atoms with E-state index in [1.54, 1.807) is 0 Å². The number of benzene rings is 3. The smallest absolute Gasteiger partial charge is 0.303 e. The molecule has 0 saturated heterocycles. The maximum absolute atomic E-state index is 14.8. The fraction of sp³-hybridized carbons (Fsp3) is 0.344. The van der Waals surface area contributed by atoms with E-state index in [2.05, 4.69) is 26.0 Å². The lowest BCUT2D eigenvalue weighted by molar-refractivity contribution is -0.137. The molecule has 2 aliphatic rings. The van der Waals surface area contributed by atoms with Crippen molar-refractivity contribution in [1.29, 1.82) is 0 Å². The first kappa shape index (κ1) is 25.1. The Bertz CT molecular complexity index is 1350. The van der Waals surface area contributed by atoms with Gasteiger partial charge in [-0.25, -0.2) is 4.39 Å². The van der Waals surface area contributed by atoms with Gasteiger partial charge in [0, 0.05) is 5.56 Å². The van der Waals surface area contributed by atoms with Crippen molar-refractivity contribution in [3.05, 3.63) is 89.2 Å². The van der Waals surface area contributed by atoms with Crippen molar-refractivity contribution in [3.63, 3.8) is 0 Å². The molecule has 0 heterocycles. The highest BCUT2D eigenvalue weighted by Gasteiger charge is 2.34. The number of carboxylic acid groups (broad SMARTS) is 1. The Morgan fingerprint density at radius 2 is 1.86 bits per heavy atom. The summed E-state index contributed by atoms with van der Waals surface area (Å²) >= 11 is 0. The molecule has 2 aliphatic carbocycles. The van der Waals surface area contributed by atoms with Gasteiger partial charge in [-0.2, -0.15) is 0 Å². The third-order valence-corrected chi connectivity index (χ3v) is 7.74. The summed E-state index contributed by atoms with van der Waals surface area (Å²) in [6.45, 7) is 4.74. The number of carboxylic acids is 1. The molecule has 1 saturated carbocycles. The van der Waals surface area contributed by atoms with Gasteiger partial charge in [-0.05, 0) is 107 Å². The maximum Gasteiger partial charge on any atom is 0.303 e. The molecule has 37 heavy (non-hydrogen) atoms. The van der Waals surface area contributed by atoms with Crippen molar-refractivity contribution in [2.75, 3.05) is 0 Å². The van der Waals surface area contributed by atoms with Crippen LogP contribution in [-0.2, 0) is 11.4 Å². The Morgan fingerprint density at radius 3 is 2.57 bits per heavy atom. The van der Waals surface area contributed by atoms with E-state index in [9.17, 15) is 19.4 Å². The van der Waals surface area contributed by atoms with Gasteiger partial charge in [0.2, 0.25) is 0 Å². The van der Waals surface area contributed by atoms with Crippen LogP contribution in [0.1, 0.15) is 68.6 Å². The van der Waals surface area contributed by atoms with Crippen LogP contribution in [0.25, 0.3) is 16.7 Å². The number of halogens is 1. The first-order chi connectivity index (χ1) is 17.7. The van der Waals surface area contributed by atoms with Crippen molar-refractivity contribution >= 4 is 11.5 Å². The van der Waals surface area contributed by atoms with Crippen LogP contribution < -0.4 is 4.74 Å². The molecule has 0 amide bonds. The van der Waals surface area contributed by atoms with Crippen molar-refractivity contribution in [2.45, 2.75) is 58.5 Å². The summed E-state index contributed by atoms with van der Waals surface area (Å²) in [6, 6.07) is 17.8. The summed E-state index contributed by atoms with van der Waals surface area (Å²) in [6.07, 6.45) is 6.50. The lowest BCUT2D eigenvalue weighted by atomic mass is 9.79. The van der Waals surface area contributed by atoms with Gasteiger partial charge in [-0.15, -0.1) is 0 Å². The number of ether oxygens (including phenoxy) is 1. The van der Waals surface area contributed by atoms with E-state index in [1.165, 1.54) is 23.8 Å². The lowest BCUT2D eigenvalue weighted by Gasteiger charge is -2.25. The van der Waals surface area contributed by atoms with Crippen LogP contribution in [0.15, 0.2) is 66.7 Å². The summed E-state index contributed by atoms with van der Waals surface area (Å²) in [7, 11) is 0. The van der Waals surface area contributed by atoms with E-state index in [0.717, 1.165) is 47.9 Å². The minimum Gasteiger partial charge on any atom is -0.508 e. The minimum atomic E-state index is -0.775.